The van der Waals surface area contributed by atoms with E-state index in [-0.39, 0.29) is 10.5 Å². The number of hydrogen-bond donors (Lipinski definition) is 1. The number of piperazine rings is 1. The van der Waals surface area contributed by atoms with Crippen molar-refractivity contribution in [2.45, 2.75) is 11.6 Å². The molecule has 1 aromatic heterocycles. The number of sulfonamides is 1. The van der Waals surface area contributed by atoms with Crippen molar-refractivity contribution in [3.8, 4) is 0 Å². The van der Waals surface area contributed by atoms with Crippen molar-refractivity contribution >= 4 is 36.9 Å². The molecular weight excluding hydrogens is 446 g/mol. The van der Waals surface area contributed by atoms with E-state index in [0.717, 1.165) is 9.37 Å². The number of fused-ring (bicyclic) bond motifs is 1. The second-order valence-electron chi connectivity index (χ2n) is 6.68. The van der Waals surface area contributed by atoms with E-state index in [0.29, 0.717) is 43.8 Å². The molecule has 0 unspecified atom stereocenters. The van der Waals surface area contributed by atoms with Gasteiger partial charge in [-0.1, -0.05) is 39.3 Å². The molecule has 2 aromatic carbocycles. The number of quaternary nitrogens is 1. The van der Waals surface area contributed by atoms with Crippen LogP contribution in [0, 0.1) is 0 Å². The topological polar surface area (TPSA) is 89.6 Å². The Kier molecular flexibility index (Phi) is 5.28. The van der Waals surface area contributed by atoms with Crippen molar-refractivity contribution in [3.05, 3.63) is 63.4 Å². The third kappa shape index (κ3) is 3.72. The van der Waals surface area contributed by atoms with Crippen LogP contribution in [0.4, 0.5) is 0 Å². The van der Waals surface area contributed by atoms with Crippen LogP contribution in [0.2, 0.25) is 0 Å². The van der Waals surface area contributed by atoms with Gasteiger partial charge in [-0.25, -0.2) is 8.42 Å². The summed E-state index contributed by atoms with van der Waals surface area (Å²) in [5, 5.41) is 8.66. The fourth-order valence-corrected chi connectivity index (χ4v) is 5.35. The fraction of sp³-hybridized carbons (Fsp3) is 0.278. The highest BCUT2D eigenvalue weighted by Gasteiger charge is 2.30. The molecule has 0 atom stereocenters. The van der Waals surface area contributed by atoms with E-state index >= 15 is 0 Å². The zero-order valence-corrected chi connectivity index (χ0v) is 17.4. The van der Waals surface area contributed by atoms with Crippen LogP contribution in [0.1, 0.15) is 0 Å². The van der Waals surface area contributed by atoms with Crippen LogP contribution < -0.4 is 10.5 Å². The lowest BCUT2D eigenvalue weighted by atomic mass is 10.2. The molecule has 10 heteroatoms. The lowest BCUT2D eigenvalue weighted by molar-refractivity contribution is -0.927. The number of nitrogens with zero attached hydrogens (tertiary/aromatic N) is 4. The van der Waals surface area contributed by atoms with Gasteiger partial charge in [-0.15, -0.1) is 5.10 Å². The second kappa shape index (κ2) is 7.70. The predicted octanol–water partition coefficient (Wildman–Crippen LogP) is 0.101. The molecule has 0 radical (unpaired) electrons. The highest BCUT2D eigenvalue weighted by molar-refractivity contribution is 9.10. The molecular formula is C18H19BrN5O3S+. The molecule has 2 heterocycles. The van der Waals surface area contributed by atoms with Crippen molar-refractivity contribution in [1.29, 1.82) is 0 Å². The summed E-state index contributed by atoms with van der Waals surface area (Å²) in [5.41, 5.74) is 0.394. The number of hydrogen-bond acceptors (Lipinski definition) is 5. The average Bonchev–Trinajstić information content (AvgIpc) is 2.71. The maximum absolute atomic E-state index is 12.8. The van der Waals surface area contributed by atoms with Crippen molar-refractivity contribution in [2.75, 3.05) is 26.2 Å². The Hall–Kier alpha value is -2.14. The first-order valence-electron chi connectivity index (χ1n) is 8.87. The van der Waals surface area contributed by atoms with Gasteiger partial charge >= 0.3 is 0 Å². The molecule has 146 valence electrons. The molecule has 1 fully saturated rings. The Morgan fingerprint density at radius 1 is 1.07 bits per heavy atom. The summed E-state index contributed by atoms with van der Waals surface area (Å²) in [4.78, 5) is 13.9. The molecule has 3 aromatic rings. The quantitative estimate of drug-likeness (QED) is 0.591. The maximum atomic E-state index is 12.8. The molecule has 0 bridgehead atoms. The Bertz CT molecular complexity index is 1170. The second-order valence-corrected chi connectivity index (χ2v) is 9.53. The lowest BCUT2D eigenvalue weighted by Gasteiger charge is -2.31. The van der Waals surface area contributed by atoms with Crippen molar-refractivity contribution in [3.63, 3.8) is 0 Å². The predicted molar refractivity (Wildman–Crippen MR) is 107 cm³/mol. The largest absolute Gasteiger partial charge is 0.314 e. The van der Waals surface area contributed by atoms with Crippen LogP contribution in [0.3, 0.4) is 0 Å². The zero-order valence-electron chi connectivity index (χ0n) is 15.0. The summed E-state index contributed by atoms with van der Waals surface area (Å²) in [6.45, 7) is 2.32. The molecule has 0 spiro atoms. The Labute approximate surface area is 170 Å². The first kappa shape index (κ1) is 19.2. The molecule has 8 nitrogen and oxygen atoms in total. The Balaban J connectivity index is 1.46. The van der Waals surface area contributed by atoms with Gasteiger partial charge in [-0.05, 0) is 30.3 Å². The number of aromatic nitrogens is 3. The van der Waals surface area contributed by atoms with E-state index in [1.807, 2.05) is 6.07 Å². The summed E-state index contributed by atoms with van der Waals surface area (Å²) >= 11 is 3.32. The molecule has 28 heavy (non-hydrogen) atoms. The summed E-state index contributed by atoms with van der Waals surface area (Å²) in [6.07, 6.45) is 0. The highest BCUT2D eigenvalue weighted by Crippen LogP contribution is 2.19. The Morgan fingerprint density at radius 2 is 1.82 bits per heavy atom. The average molecular weight is 465 g/mol. The molecule has 0 saturated carbocycles. The van der Waals surface area contributed by atoms with Crippen LogP contribution in [0.5, 0.6) is 0 Å². The lowest BCUT2D eigenvalue weighted by Crippen LogP contribution is -3.14. The monoisotopic (exact) mass is 464 g/mol. The van der Waals surface area contributed by atoms with E-state index in [2.05, 4.69) is 26.2 Å². The summed E-state index contributed by atoms with van der Waals surface area (Å²) in [6, 6.07) is 13.8. The van der Waals surface area contributed by atoms with Gasteiger partial charge in [-0.3, -0.25) is 4.79 Å². The normalized spacial score (nSPS) is 16.5. The zero-order chi connectivity index (χ0) is 19.7. The Morgan fingerprint density at radius 3 is 2.57 bits per heavy atom. The summed E-state index contributed by atoms with van der Waals surface area (Å²) < 4.78 is 29.2. The van der Waals surface area contributed by atoms with Crippen LogP contribution >= 0.6 is 15.9 Å². The van der Waals surface area contributed by atoms with E-state index in [1.165, 1.54) is 8.99 Å². The van der Waals surface area contributed by atoms with Gasteiger partial charge < -0.3 is 4.90 Å². The number of halogens is 1. The fourth-order valence-electron chi connectivity index (χ4n) is 3.32. The molecule has 1 aliphatic heterocycles. The van der Waals surface area contributed by atoms with Crippen LogP contribution in [-0.4, -0.2) is 53.9 Å². The molecule has 0 aliphatic carbocycles. The van der Waals surface area contributed by atoms with E-state index < -0.39 is 10.0 Å². The van der Waals surface area contributed by atoms with Gasteiger partial charge in [0.1, 0.15) is 5.52 Å². The summed E-state index contributed by atoms with van der Waals surface area (Å²) in [5.74, 6) is 0. The van der Waals surface area contributed by atoms with Gasteiger partial charge in [0.2, 0.25) is 10.0 Å². The minimum atomic E-state index is -3.52. The molecule has 4 rings (SSSR count). The first-order chi connectivity index (χ1) is 13.4. The standard InChI is InChI=1S/C18H18BrN5O3S/c19-14-4-3-5-15(12-14)28(26,27)23-10-8-22(9-11-23)13-24-18(25)16-6-1-2-7-17(16)20-21-24/h1-7,12H,8-11,13H2/p+1. The molecule has 1 aliphatic rings. The minimum absolute atomic E-state index is 0.178. The van der Waals surface area contributed by atoms with Crippen molar-refractivity contribution < 1.29 is 13.3 Å². The van der Waals surface area contributed by atoms with E-state index in [9.17, 15) is 13.2 Å². The highest BCUT2D eigenvalue weighted by atomic mass is 79.9. The molecule has 0 amide bonds. The smallest absolute Gasteiger partial charge is 0.282 e. The maximum Gasteiger partial charge on any atom is 0.282 e. The van der Waals surface area contributed by atoms with Crippen LogP contribution in [0.25, 0.3) is 10.9 Å². The van der Waals surface area contributed by atoms with Gasteiger partial charge in [-0.2, -0.15) is 8.99 Å². The third-order valence-corrected chi connectivity index (χ3v) is 7.25. The van der Waals surface area contributed by atoms with Gasteiger partial charge in [0.05, 0.1) is 36.5 Å². The van der Waals surface area contributed by atoms with E-state index in [4.69, 9.17) is 0 Å². The number of benzene rings is 2. The van der Waals surface area contributed by atoms with Gasteiger partial charge in [0.25, 0.3) is 5.56 Å². The minimum Gasteiger partial charge on any atom is -0.314 e. The number of nitrogens with one attached hydrogen (secondary N) is 1. The van der Waals surface area contributed by atoms with Gasteiger partial charge in [0, 0.05) is 4.47 Å². The number of rotatable bonds is 4. The van der Waals surface area contributed by atoms with E-state index in [1.54, 1.807) is 42.5 Å². The molecule has 1 N–H and O–H groups in total. The van der Waals surface area contributed by atoms with Gasteiger partial charge in [0.15, 0.2) is 6.67 Å². The summed E-state index contributed by atoms with van der Waals surface area (Å²) in [7, 11) is -3.52. The molecule has 1 saturated heterocycles. The van der Waals surface area contributed by atoms with Crippen molar-refractivity contribution in [1.82, 2.24) is 19.3 Å². The van der Waals surface area contributed by atoms with Crippen LogP contribution in [0.15, 0.2) is 62.7 Å². The van der Waals surface area contributed by atoms with Crippen molar-refractivity contribution in [2.24, 2.45) is 0 Å². The van der Waals surface area contributed by atoms with Crippen LogP contribution in [-0.2, 0) is 16.7 Å². The third-order valence-electron chi connectivity index (χ3n) is 4.87. The first-order valence-corrected chi connectivity index (χ1v) is 11.1. The SMILES string of the molecule is O=c1c2ccccc2nnn1C[NH+]1CCN(S(=O)(=O)c2cccc(Br)c2)CC1.